The summed E-state index contributed by atoms with van der Waals surface area (Å²) in [5, 5.41) is 3.21. The van der Waals surface area contributed by atoms with Crippen LogP contribution in [-0.2, 0) is 22.6 Å². The first kappa shape index (κ1) is 23.1. The van der Waals surface area contributed by atoms with Crippen molar-refractivity contribution in [1.29, 1.82) is 0 Å². The molecular weight excluding hydrogens is 384 g/mol. The Hall–Kier alpha value is -2.62. The summed E-state index contributed by atoms with van der Waals surface area (Å²) in [6, 6.07) is 14.2. The summed E-state index contributed by atoms with van der Waals surface area (Å²) in [6.07, 6.45) is 5.32. The van der Waals surface area contributed by atoms with E-state index in [4.69, 9.17) is 0 Å². The smallest absolute Gasteiger partial charge is 0.243 e. The first-order valence-corrected chi connectivity index (χ1v) is 11.6. The van der Waals surface area contributed by atoms with Gasteiger partial charge in [-0.15, -0.1) is 0 Å². The van der Waals surface area contributed by atoms with Crippen LogP contribution in [0.5, 0.6) is 0 Å². The molecule has 166 valence electrons. The summed E-state index contributed by atoms with van der Waals surface area (Å²) in [4.78, 5) is 28.5. The Balaban J connectivity index is 1.83. The van der Waals surface area contributed by atoms with Gasteiger partial charge < -0.3 is 10.2 Å². The van der Waals surface area contributed by atoms with E-state index in [0.717, 1.165) is 35.1 Å². The molecule has 2 amide bonds. The lowest BCUT2D eigenvalue weighted by molar-refractivity contribution is -0.141. The highest BCUT2D eigenvalue weighted by atomic mass is 16.2. The van der Waals surface area contributed by atoms with Crippen molar-refractivity contribution < 1.29 is 9.59 Å². The van der Waals surface area contributed by atoms with Crippen molar-refractivity contribution in [2.45, 2.75) is 84.8 Å². The molecule has 0 bridgehead atoms. The van der Waals surface area contributed by atoms with Crippen molar-refractivity contribution in [2.75, 3.05) is 0 Å². The first-order chi connectivity index (χ1) is 14.9. The van der Waals surface area contributed by atoms with Crippen LogP contribution in [0.1, 0.15) is 66.8 Å². The molecule has 0 aromatic heterocycles. The standard InChI is InChI=1S/C27H36N2O2/c1-5-25(27(31)28-24-8-6-7-9-24)29(18-22-12-10-19(2)11-13-22)26(30)17-23-15-20(3)14-21(4)16-23/h10-16,24-25H,5-9,17-18H2,1-4H3,(H,28,31)/t25-/m0/s1. The van der Waals surface area contributed by atoms with Gasteiger partial charge in [-0.05, 0) is 51.2 Å². The van der Waals surface area contributed by atoms with Gasteiger partial charge in [0.1, 0.15) is 6.04 Å². The lowest BCUT2D eigenvalue weighted by atomic mass is 10.0. The molecule has 31 heavy (non-hydrogen) atoms. The number of amides is 2. The van der Waals surface area contributed by atoms with Crippen LogP contribution < -0.4 is 5.32 Å². The predicted molar refractivity (Wildman–Crippen MR) is 126 cm³/mol. The Bertz CT molecular complexity index is 878. The number of benzene rings is 2. The van der Waals surface area contributed by atoms with Crippen molar-refractivity contribution in [3.8, 4) is 0 Å². The maximum Gasteiger partial charge on any atom is 0.243 e. The molecule has 4 nitrogen and oxygen atoms in total. The van der Waals surface area contributed by atoms with Gasteiger partial charge in [0.25, 0.3) is 0 Å². The van der Waals surface area contributed by atoms with Crippen molar-refractivity contribution in [3.63, 3.8) is 0 Å². The zero-order chi connectivity index (χ0) is 22.4. The zero-order valence-electron chi connectivity index (χ0n) is 19.4. The second-order valence-electron chi connectivity index (χ2n) is 9.09. The van der Waals surface area contributed by atoms with E-state index in [1.165, 1.54) is 18.4 Å². The molecule has 1 N–H and O–H groups in total. The molecule has 4 heteroatoms. The Kier molecular flexibility index (Phi) is 7.89. The van der Waals surface area contributed by atoms with Crippen molar-refractivity contribution >= 4 is 11.8 Å². The summed E-state index contributed by atoms with van der Waals surface area (Å²) < 4.78 is 0. The Morgan fingerprint density at radius 2 is 1.55 bits per heavy atom. The SMILES string of the molecule is CC[C@@H](C(=O)NC1CCCC1)N(Cc1ccc(C)cc1)C(=O)Cc1cc(C)cc(C)c1. The van der Waals surface area contributed by atoms with E-state index >= 15 is 0 Å². The molecule has 0 aliphatic heterocycles. The van der Waals surface area contributed by atoms with Gasteiger partial charge in [-0.3, -0.25) is 9.59 Å². The highest BCUT2D eigenvalue weighted by Gasteiger charge is 2.30. The van der Waals surface area contributed by atoms with Gasteiger partial charge in [0.05, 0.1) is 6.42 Å². The molecular formula is C27H36N2O2. The van der Waals surface area contributed by atoms with E-state index in [9.17, 15) is 9.59 Å². The van der Waals surface area contributed by atoms with Crippen molar-refractivity contribution in [1.82, 2.24) is 10.2 Å². The molecule has 2 aromatic carbocycles. The third-order valence-corrected chi connectivity index (χ3v) is 6.20. The fraction of sp³-hybridized carbons (Fsp3) is 0.481. The maximum atomic E-state index is 13.5. The lowest BCUT2D eigenvalue weighted by Crippen LogP contribution is -2.51. The molecule has 0 saturated heterocycles. The van der Waals surface area contributed by atoms with Crippen LogP contribution in [0, 0.1) is 20.8 Å². The van der Waals surface area contributed by atoms with Crippen LogP contribution >= 0.6 is 0 Å². The van der Waals surface area contributed by atoms with E-state index in [1.54, 1.807) is 4.90 Å². The second kappa shape index (κ2) is 10.6. The average molecular weight is 421 g/mol. The molecule has 0 unspecified atom stereocenters. The van der Waals surface area contributed by atoms with Gasteiger partial charge in [0, 0.05) is 12.6 Å². The first-order valence-electron chi connectivity index (χ1n) is 11.6. The topological polar surface area (TPSA) is 49.4 Å². The predicted octanol–water partition coefficient (Wildman–Crippen LogP) is 5.02. The van der Waals surface area contributed by atoms with Gasteiger partial charge >= 0.3 is 0 Å². The molecule has 0 heterocycles. The number of nitrogens with one attached hydrogen (secondary N) is 1. The van der Waals surface area contributed by atoms with Crippen LogP contribution in [0.15, 0.2) is 42.5 Å². The summed E-state index contributed by atoms with van der Waals surface area (Å²) in [6.45, 7) is 8.59. The number of rotatable bonds is 8. The molecule has 1 saturated carbocycles. The molecule has 1 fully saturated rings. The van der Waals surface area contributed by atoms with Crippen molar-refractivity contribution in [3.05, 3.63) is 70.3 Å². The monoisotopic (exact) mass is 420 g/mol. The summed E-state index contributed by atoms with van der Waals surface area (Å²) in [5.74, 6) is -0.0192. The third kappa shape index (κ3) is 6.43. The number of carbonyl (C=O) groups is 2. The Morgan fingerprint density at radius 3 is 2.13 bits per heavy atom. The van der Waals surface area contributed by atoms with E-state index in [-0.39, 0.29) is 17.9 Å². The second-order valence-corrected chi connectivity index (χ2v) is 9.09. The lowest BCUT2D eigenvalue weighted by Gasteiger charge is -2.31. The van der Waals surface area contributed by atoms with E-state index in [0.29, 0.717) is 19.4 Å². The minimum absolute atomic E-state index is 0.000929. The van der Waals surface area contributed by atoms with Crippen LogP contribution in [0.2, 0.25) is 0 Å². The summed E-state index contributed by atoms with van der Waals surface area (Å²) in [5.41, 5.74) is 5.54. The highest BCUT2D eigenvalue weighted by Crippen LogP contribution is 2.20. The average Bonchev–Trinajstić information content (AvgIpc) is 3.21. The van der Waals surface area contributed by atoms with E-state index < -0.39 is 6.04 Å². The fourth-order valence-electron chi connectivity index (χ4n) is 4.62. The largest absolute Gasteiger partial charge is 0.352 e. The maximum absolute atomic E-state index is 13.5. The van der Waals surface area contributed by atoms with Crippen molar-refractivity contribution in [2.24, 2.45) is 0 Å². The minimum atomic E-state index is -0.458. The number of aryl methyl sites for hydroxylation is 3. The number of hydrogen-bond acceptors (Lipinski definition) is 2. The fourth-order valence-corrected chi connectivity index (χ4v) is 4.62. The highest BCUT2D eigenvalue weighted by molar-refractivity contribution is 5.88. The molecule has 0 spiro atoms. The van der Waals surface area contributed by atoms with Gasteiger partial charge in [0.2, 0.25) is 11.8 Å². The summed E-state index contributed by atoms with van der Waals surface area (Å²) in [7, 11) is 0. The van der Waals surface area contributed by atoms with E-state index in [1.807, 2.05) is 19.1 Å². The molecule has 3 rings (SSSR count). The number of nitrogens with zero attached hydrogens (tertiary/aromatic N) is 1. The van der Waals surface area contributed by atoms with E-state index in [2.05, 4.69) is 56.4 Å². The zero-order valence-corrected chi connectivity index (χ0v) is 19.4. The molecule has 0 radical (unpaired) electrons. The normalized spacial score (nSPS) is 15.0. The third-order valence-electron chi connectivity index (χ3n) is 6.20. The van der Waals surface area contributed by atoms with Crippen LogP contribution in [0.3, 0.4) is 0 Å². The molecule has 1 aliphatic rings. The van der Waals surface area contributed by atoms with Gasteiger partial charge in [-0.2, -0.15) is 0 Å². The molecule has 1 atom stereocenters. The van der Waals surface area contributed by atoms with Gasteiger partial charge in [0.15, 0.2) is 0 Å². The molecule has 1 aliphatic carbocycles. The number of carbonyl (C=O) groups excluding carboxylic acids is 2. The molecule has 2 aromatic rings. The Labute approximate surface area is 187 Å². The number of hydrogen-bond donors (Lipinski definition) is 1. The van der Waals surface area contributed by atoms with Crippen LogP contribution in [0.4, 0.5) is 0 Å². The van der Waals surface area contributed by atoms with Gasteiger partial charge in [-0.1, -0.05) is 78.9 Å². The summed E-state index contributed by atoms with van der Waals surface area (Å²) >= 11 is 0. The Morgan fingerprint density at radius 1 is 0.935 bits per heavy atom. The van der Waals surface area contributed by atoms with Crippen LogP contribution in [0.25, 0.3) is 0 Å². The van der Waals surface area contributed by atoms with Gasteiger partial charge in [-0.25, -0.2) is 0 Å². The quantitative estimate of drug-likeness (QED) is 0.652. The minimum Gasteiger partial charge on any atom is -0.352 e. The van der Waals surface area contributed by atoms with Crippen LogP contribution in [-0.4, -0.2) is 28.8 Å².